The van der Waals surface area contributed by atoms with Crippen molar-refractivity contribution in [3.8, 4) is 0 Å². The zero-order chi connectivity index (χ0) is 35.3. The monoisotopic (exact) mass is 679 g/mol. The van der Waals surface area contributed by atoms with Crippen molar-refractivity contribution in [2.24, 2.45) is 23.2 Å². The standard InChI is InChI=1S/C36H53N7O6/c1-5-10-25(29(44)34(48)39-23-15-16-23)40-33(47)28-24-14-9-13-22(24)20-43(28)35(49)30(36(2,3)4)42-32(46)27(21-11-7-6-8-12-21)41-31(45)26-19-37-17-18-38-26/h17-19,21-25,27-28,30H,5-16,20H2,1-4H3,(H,39,48)(H,40,47)(H,41,45)(H,42,46)/t22-,24-,25-,27-,28+,30+/m0/s1. The highest BCUT2D eigenvalue weighted by Crippen LogP contribution is 2.43. The van der Waals surface area contributed by atoms with Gasteiger partial charge in [-0.1, -0.05) is 59.8 Å². The molecular weight excluding hydrogens is 626 g/mol. The fraction of sp³-hybridized carbons (Fsp3) is 0.722. The number of nitrogens with zero attached hydrogens (tertiary/aromatic N) is 3. The van der Waals surface area contributed by atoms with E-state index in [1.54, 1.807) is 4.90 Å². The number of ketones is 1. The van der Waals surface area contributed by atoms with Crippen molar-refractivity contribution in [3.05, 3.63) is 24.3 Å². The van der Waals surface area contributed by atoms with E-state index in [0.717, 1.165) is 64.2 Å². The smallest absolute Gasteiger partial charge is 0.289 e. The molecule has 0 radical (unpaired) electrons. The van der Waals surface area contributed by atoms with Gasteiger partial charge in [0.25, 0.3) is 11.8 Å². The second-order valence-corrected chi connectivity index (χ2v) is 15.5. The largest absolute Gasteiger partial charge is 0.347 e. The Balaban J connectivity index is 1.36. The van der Waals surface area contributed by atoms with Gasteiger partial charge in [0, 0.05) is 25.0 Å². The molecule has 1 aromatic heterocycles. The van der Waals surface area contributed by atoms with Crippen molar-refractivity contribution in [2.45, 2.75) is 135 Å². The van der Waals surface area contributed by atoms with Crippen LogP contribution in [0, 0.1) is 23.2 Å². The summed E-state index contributed by atoms with van der Waals surface area (Å²) >= 11 is 0. The normalized spacial score (nSPS) is 24.2. The number of nitrogens with one attached hydrogen (secondary N) is 4. The van der Waals surface area contributed by atoms with E-state index in [2.05, 4.69) is 31.2 Å². The van der Waals surface area contributed by atoms with Gasteiger partial charge in [-0.05, 0) is 68.1 Å². The fourth-order valence-corrected chi connectivity index (χ4v) is 7.87. The van der Waals surface area contributed by atoms with Crippen LogP contribution in [0.3, 0.4) is 0 Å². The zero-order valence-electron chi connectivity index (χ0n) is 29.3. The Labute approximate surface area is 288 Å². The molecule has 5 rings (SSSR count). The fourth-order valence-electron chi connectivity index (χ4n) is 7.87. The molecule has 4 fully saturated rings. The van der Waals surface area contributed by atoms with E-state index in [9.17, 15) is 28.8 Å². The van der Waals surface area contributed by atoms with Gasteiger partial charge in [0.05, 0.1) is 12.2 Å². The van der Waals surface area contributed by atoms with Crippen LogP contribution in [-0.4, -0.2) is 86.9 Å². The van der Waals surface area contributed by atoms with Gasteiger partial charge < -0.3 is 26.2 Å². The number of carbonyl (C=O) groups excluding carboxylic acids is 6. The molecule has 0 unspecified atom stereocenters. The first kappa shape index (κ1) is 36.4. The van der Waals surface area contributed by atoms with E-state index in [0.29, 0.717) is 19.4 Å². The van der Waals surface area contributed by atoms with E-state index in [4.69, 9.17) is 0 Å². The van der Waals surface area contributed by atoms with Crippen LogP contribution in [0.25, 0.3) is 0 Å². The average molecular weight is 680 g/mol. The third-order valence-electron chi connectivity index (χ3n) is 10.7. The Hall–Kier alpha value is -3.90. The number of Topliss-reactive ketones (excluding diaryl/α,β-unsaturated/α-hetero) is 1. The number of hydrogen-bond acceptors (Lipinski definition) is 8. The molecule has 4 aliphatic rings. The first-order valence-electron chi connectivity index (χ1n) is 18.2. The van der Waals surface area contributed by atoms with Crippen LogP contribution in [0.15, 0.2) is 18.6 Å². The Morgan fingerprint density at radius 1 is 0.898 bits per heavy atom. The lowest BCUT2D eigenvalue weighted by Gasteiger charge is -2.38. The summed E-state index contributed by atoms with van der Waals surface area (Å²) in [7, 11) is 0. The van der Waals surface area contributed by atoms with Gasteiger partial charge in [0.1, 0.15) is 23.8 Å². The van der Waals surface area contributed by atoms with Gasteiger partial charge >= 0.3 is 0 Å². The maximum absolute atomic E-state index is 14.6. The number of amides is 5. The van der Waals surface area contributed by atoms with Gasteiger partial charge in [0.2, 0.25) is 23.5 Å². The molecule has 2 heterocycles. The lowest BCUT2D eigenvalue weighted by molar-refractivity contribution is -0.146. The molecule has 0 spiro atoms. The highest BCUT2D eigenvalue weighted by molar-refractivity contribution is 6.38. The SMILES string of the molecule is CCC[C@H](NC(=O)[C@H]1[C@H]2CCC[C@H]2CN1C(=O)[C@@H](NC(=O)[C@@H](NC(=O)c1cnccn1)C1CCCCC1)C(C)(C)C)C(=O)C(=O)NC1CC1. The summed E-state index contributed by atoms with van der Waals surface area (Å²) < 4.78 is 0. The second kappa shape index (κ2) is 15.8. The van der Waals surface area contributed by atoms with Crippen molar-refractivity contribution in [2.75, 3.05) is 6.54 Å². The average Bonchev–Trinajstić information content (AvgIpc) is 3.65. The lowest BCUT2D eigenvalue weighted by Crippen LogP contribution is -2.62. The number of likely N-dealkylation sites (tertiary alicyclic amines) is 1. The van der Waals surface area contributed by atoms with Gasteiger partial charge in [-0.25, -0.2) is 4.98 Å². The number of carbonyl (C=O) groups is 6. The maximum Gasteiger partial charge on any atom is 0.289 e. The van der Waals surface area contributed by atoms with Crippen molar-refractivity contribution in [3.63, 3.8) is 0 Å². The summed E-state index contributed by atoms with van der Waals surface area (Å²) in [5, 5.41) is 11.5. The van der Waals surface area contributed by atoms with E-state index in [1.165, 1.54) is 18.6 Å². The van der Waals surface area contributed by atoms with Crippen LogP contribution >= 0.6 is 0 Å². The zero-order valence-corrected chi connectivity index (χ0v) is 29.3. The minimum atomic E-state index is -0.994. The number of fused-ring (bicyclic) bond motifs is 1. The maximum atomic E-state index is 14.6. The quantitative estimate of drug-likeness (QED) is 0.230. The predicted molar refractivity (Wildman–Crippen MR) is 181 cm³/mol. The van der Waals surface area contributed by atoms with E-state index in [1.807, 2.05) is 27.7 Å². The lowest BCUT2D eigenvalue weighted by atomic mass is 9.82. The Kier molecular flexibility index (Phi) is 11.7. The van der Waals surface area contributed by atoms with Crippen molar-refractivity contribution in [1.29, 1.82) is 0 Å². The first-order valence-corrected chi connectivity index (χ1v) is 18.2. The van der Waals surface area contributed by atoms with E-state index in [-0.39, 0.29) is 35.4 Å². The minimum Gasteiger partial charge on any atom is -0.347 e. The second-order valence-electron chi connectivity index (χ2n) is 15.5. The molecule has 1 aromatic rings. The molecule has 0 aromatic carbocycles. The summed E-state index contributed by atoms with van der Waals surface area (Å²) in [6.07, 6.45) is 13.9. The molecule has 0 bridgehead atoms. The summed E-state index contributed by atoms with van der Waals surface area (Å²) in [5.74, 6) is -3.20. The molecule has 5 amide bonds. The van der Waals surface area contributed by atoms with Crippen molar-refractivity contribution >= 4 is 35.3 Å². The van der Waals surface area contributed by atoms with Crippen LogP contribution in [0.1, 0.15) is 115 Å². The summed E-state index contributed by atoms with van der Waals surface area (Å²) in [6, 6.07) is -3.68. The molecule has 13 heteroatoms. The van der Waals surface area contributed by atoms with Crippen molar-refractivity contribution in [1.82, 2.24) is 36.1 Å². The molecule has 13 nitrogen and oxygen atoms in total. The topological polar surface area (TPSA) is 180 Å². The molecule has 49 heavy (non-hydrogen) atoms. The Bertz CT molecular complexity index is 1390. The third-order valence-corrected chi connectivity index (χ3v) is 10.7. The van der Waals surface area contributed by atoms with E-state index >= 15 is 0 Å². The van der Waals surface area contributed by atoms with Crippen LogP contribution in [0.5, 0.6) is 0 Å². The summed E-state index contributed by atoms with van der Waals surface area (Å²) in [5.41, 5.74) is -0.638. The van der Waals surface area contributed by atoms with Crippen molar-refractivity contribution < 1.29 is 28.8 Å². The molecule has 1 aliphatic heterocycles. The summed E-state index contributed by atoms with van der Waals surface area (Å²) in [6.45, 7) is 7.85. The van der Waals surface area contributed by atoms with Crippen LogP contribution in [0.4, 0.5) is 0 Å². The van der Waals surface area contributed by atoms with Gasteiger partial charge in [-0.3, -0.25) is 33.8 Å². The first-order chi connectivity index (χ1) is 23.4. The number of aromatic nitrogens is 2. The Morgan fingerprint density at radius 2 is 1.63 bits per heavy atom. The van der Waals surface area contributed by atoms with Crippen LogP contribution in [-0.2, 0) is 24.0 Å². The molecule has 1 saturated heterocycles. The van der Waals surface area contributed by atoms with Gasteiger partial charge in [-0.2, -0.15) is 0 Å². The molecule has 3 aliphatic carbocycles. The molecule has 6 atom stereocenters. The minimum absolute atomic E-state index is 0.0132. The Morgan fingerprint density at radius 3 is 2.27 bits per heavy atom. The van der Waals surface area contributed by atoms with Gasteiger partial charge in [0.15, 0.2) is 0 Å². The highest BCUT2D eigenvalue weighted by atomic mass is 16.2. The highest BCUT2D eigenvalue weighted by Gasteiger charge is 2.52. The van der Waals surface area contributed by atoms with E-state index < -0.39 is 59.0 Å². The summed E-state index contributed by atoms with van der Waals surface area (Å²) in [4.78, 5) is 91.4. The number of rotatable bonds is 13. The number of hydrogen-bond donors (Lipinski definition) is 4. The van der Waals surface area contributed by atoms with Gasteiger partial charge in [-0.15, -0.1) is 0 Å². The predicted octanol–water partition coefficient (Wildman–Crippen LogP) is 2.45. The van der Waals surface area contributed by atoms with Crippen LogP contribution < -0.4 is 21.3 Å². The molecule has 3 saturated carbocycles. The third kappa shape index (κ3) is 8.83. The van der Waals surface area contributed by atoms with Crippen LogP contribution in [0.2, 0.25) is 0 Å². The molecule has 4 N–H and O–H groups in total. The molecular formula is C36H53N7O6. The molecule has 268 valence electrons.